The molecule has 3 aliphatic rings. The molecule has 5 heterocycles. The van der Waals surface area contributed by atoms with Crippen LogP contribution in [-0.4, -0.2) is 78.1 Å². The van der Waals surface area contributed by atoms with Crippen molar-refractivity contribution in [3.63, 3.8) is 0 Å². The molecule has 45 heavy (non-hydrogen) atoms. The van der Waals surface area contributed by atoms with Crippen LogP contribution in [0.1, 0.15) is 34.3 Å². The van der Waals surface area contributed by atoms with Gasteiger partial charge in [-0.25, -0.2) is 4.98 Å². The van der Waals surface area contributed by atoms with E-state index < -0.39 is 12.1 Å². The Morgan fingerprint density at radius 1 is 1.00 bits per heavy atom. The van der Waals surface area contributed by atoms with Gasteiger partial charge in [-0.3, -0.25) is 14.4 Å². The molecule has 12 heteroatoms. The summed E-state index contributed by atoms with van der Waals surface area (Å²) in [4.78, 5) is 45.5. The number of carbonyl (C=O) groups is 3. The van der Waals surface area contributed by atoms with Crippen molar-refractivity contribution in [1.82, 2.24) is 24.9 Å². The number of carbonyl (C=O) groups excluding carboxylic acids is 3. The summed E-state index contributed by atoms with van der Waals surface area (Å²) in [7, 11) is 3.09. The Morgan fingerprint density at radius 3 is 2.71 bits per heavy atom. The van der Waals surface area contributed by atoms with E-state index in [0.717, 1.165) is 16.8 Å². The number of hydrogen-bond donors (Lipinski definition) is 2. The number of hydrogen-bond acceptors (Lipinski definition) is 8. The molecule has 4 bridgehead atoms. The number of methoxy groups -OCH3 is 2. The average molecular weight is 614 g/mol. The second-order valence-electron chi connectivity index (χ2n) is 11.0. The molecule has 4 aromatic rings. The Morgan fingerprint density at radius 2 is 1.87 bits per heavy atom. The van der Waals surface area contributed by atoms with E-state index in [2.05, 4.69) is 15.6 Å². The lowest BCUT2D eigenvalue weighted by Gasteiger charge is -2.39. The lowest BCUT2D eigenvalue weighted by atomic mass is 10.0. The molecule has 234 valence electrons. The predicted molar refractivity (Wildman–Crippen MR) is 164 cm³/mol. The van der Waals surface area contributed by atoms with Gasteiger partial charge in [-0.2, -0.15) is 0 Å². The van der Waals surface area contributed by atoms with Crippen LogP contribution in [0.2, 0.25) is 0 Å². The lowest BCUT2D eigenvalue weighted by Crippen LogP contribution is -2.58. The first-order valence-electron chi connectivity index (χ1n) is 14.8. The molecule has 12 nitrogen and oxygen atoms in total. The minimum absolute atomic E-state index is 0.109. The summed E-state index contributed by atoms with van der Waals surface area (Å²) in [5.41, 5.74) is 2.93. The Hall–Kier alpha value is -5.26. The van der Waals surface area contributed by atoms with Crippen molar-refractivity contribution in [2.24, 2.45) is 0 Å². The number of nitrogens with zero attached hydrogens (tertiary/aromatic N) is 3. The van der Waals surface area contributed by atoms with Crippen LogP contribution < -0.4 is 29.6 Å². The highest BCUT2D eigenvalue weighted by atomic mass is 16.5. The maximum Gasteiger partial charge on any atom is 0.258 e. The molecule has 0 spiro atoms. The zero-order chi connectivity index (χ0) is 31.3. The van der Waals surface area contributed by atoms with Gasteiger partial charge >= 0.3 is 0 Å². The number of piperidine rings is 1. The molecular weight excluding hydrogens is 578 g/mol. The molecule has 1 fully saturated rings. The second-order valence-corrected chi connectivity index (χ2v) is 11.0. The Labute approximate surface area is 260 Å². The van der Waals surface area contributed by atoms with Crippen LogP contribution in [0.25, 0.3) is 5.65 Å². The number of likely N-dealkylation sites (tertiary alicyclic amines) is 1. The van der Waals surface area contributed by atoms with Crippen LogP contribution >= 0.6 is 0 Å². The fraction of sp³-hybridized carbons (Fsp3) is 0.333. The van der Waals surface area contributed by atoms with Crippen LogP contribution in [0.5, 0.6) is 23.0 Å². The third-order valence-corrected chi connectivity index (χ3v) is 8.07. The van der Waals surface area contributed by atoms with Gasteiger partial charge < -0.3 is 38.9 Å². The van der Waals surface area contributed by atoms with Gasteiger partial charge in [-0.1, -0.05) is 6.07 Å². The molecule has 2 aromatic carbocycles. The first kappa shape index (κ1) is 29.8. The number of benzene rings is 2. The van der Waals surface area contributed by atoms with Crippen molar-refractivity contribution in [3.8, 4) is 23.0 Å². The molecule has 0 radical (unpaired) electrons. The fourth-order valence-electron chi connectivity index (χ4n) is 5.66. The fourth-order valence-corrected chi connectivity index (χ4v) is 5.66. The van der Waals surface area contributed by atoms with Gasteiger partial charge in [0.25, 0.3) is 11.8 Å². The van der Waals surface area contributed by atoms with Gasteiger partial charge in [0.1, 0.15) is 23.3 Å². The topological polar surface area (TPSA) is 133 Å². The molecule has 2 atom stereocenters. The predicted octanol–water partition coefficient (Wildman–Crippen LogP) is 2.77. The Balaban J connectivity index is 1.27. The molecule has 7 rings (SSSR count). The van der Waals surface area contributed by atoms with E-state index in [1.807, 2.05) is 18.2 Å². The van der Waals surface area contributed by atoms with E-state index in [0.29, 0.717) is 54.5 Å². The number of aromatic nitrogens is 2. The van der Waals surface area contributed by atoms with E-state index in [1.54, 1.807) is 65.3 Å². The Bertz CT molecular complexity index is 1720. The van der Waals surface area contributed by atoms with Crippen molar-refractivity contribution >= 4 is 23.4 Å². The largest absolute Gasteiger partial charge is 0.496 e. The molecule has 3 aliphatic heterocycles. The van der Waals surface area contributed by atoms with Crippen molar-refractivity contribution in [2.45, 2.75) is 38.0 Å². The normalized spacial score (nSPS) is 19.1. The summed E-state index contributed by atoms with van der Waals surface area (Å²) in [6.07, 6.45) is 6.00. The quantitative estimate of drug-likeness (QED) is 0.361. The van der Waals surface area contributed by atoms with Crippen LogP contribution in [0.15, 0.2) is 67.1 Å². The van der Waals surface area contributed by atoms with Gasteiger partial charge in [0.05, 0.1) is 25.8 Å². The van der Waals surface area contributed by atoms with E-state index >= 15 is 0 Å². The van der Waals surface area contributed by atoms with Gasteiger partial charge in [0.2, 0.25) is 5.91 Å². The standard InChI is InChI=1S/C33H35N5O7/c1-42-27-8-3-21-4-10-31(39)35-17-22-5-7-24(16-28(22)43-2)45-26-11-13-38(19-25(26)36-32(40)20-44-29(27)15-21)33(41)23-6-9-30-34-12-14-37(30)18-23/h3,5-9,12,14-16,18,25-26H,4,10-11,13,17,19-20H2,1-2H3,(H,35,39)(H,36,40)/t25-,26+/m1/s1. The summed E-state index contributed by atoms with van der Waals surface area (Å²) < 4.78 is 25.1. The molecule has 0 aliphatic carbocycles. The maximum absolute atomic E-state index is 13.6. The van der Waals surface area contributed by atoms with Crippen LogP contribution in [0.3, 0.4) is 0 Å². The minimum Gasteiger partial charge on any atom is -0.496 e. The van der Waals surface area contributed by atoms with Crippen molar-refractivity contribution in [3.05, 3.63) is 83.8 Å². The summed E-state index contributed by atoms with van der Waals surface area (Å²) in [6.45, 7) is 0.678. The number of fused-ring (bicyclic) bond motifs is 10. The molecule has 3 amide bonds. The third-order valence-electron chi connectivity index (χ3n) is 8.07. The average Bonchev–Trinajstić information content (AvgIpc) is 3.54. The van der Waals surface area contributed by atoms with Gasteiger partial charge in [-0.05, 0) is 48.4 Å². The van der Waals surface area contributed by atoms with Gasteiger partial charge in [0, 0.05) is 62.7 Å². The highest BCUT2D eigenvalue weighted by molar-refractivity contribution is 5.94. The van der Waals surface area contributed by atoms with Gasteiger partial charge in [0.15, 0.2) is 18.1 Å². The summed E-state index contributed by atoms with van der Waals surface area (Å²) in [6, 6.07) is 13.9. The lowest BCUT2D eigenvalue weighted by molar-refractivity contribution is -0.125. The molecular formula is C33H35N5O7. The van der Waals surface area contributed by atoms with Crippen molar-refractivity contribution < 1.29 is 33.3 Å². The molecule has 2 N–H and O–H groups in total. The number of ether oxygens (including phenoxy) is 4. The van der Waals surface area contributed by atoms with E-state index in [9.17, 15) is 14.4 Å². The Kier molecular flexibility index (Phi) is 8.72. The number of amides is 3. The molecule has 0 unspecified atom stereocenters. The summed E-state index contributed by atoms with van der Waals surface area (Å²) >= 11 is 0. The van der Waals surface area contributed by atoms with E-state index in [1.165, 1.54) is 7.11 Å². The second kappa shape index (κ2) is 13.2. The zero-order valence-corrected chi connectivity index (χ0v) is 25.2. The zero-order valence-electron chi connectivity index (χ0n) is 25.2. The number of rotatable bonds is 3. The SMILES string of the molecule is COc1cc2ccc1CNC(=O)CCc1ccc(OC)c(c1)OCC(=O)N[C@@H]1CN(C(=O)c3ccc4nccn4c3)CC[C@@H]1O2. The highest BCUT2D eigenvalue weighted by Gasteiger charge is 2.35. The van der Waals surface area contributed by atoms with Crippen molar-refractivity contribution in [1.29, 1.82) is 0 Å². The smallest absolute Gasteiger partial charge is 0.258 e. The molecule has 1 saturated heterocycles. The third kappa shape index (κ3) is 6.79. The number of pyridine rings is 1. The van der Waals surface area contributed by atoms with Crippen LogP contribution in [-0.2, 0) is 22.6 Å². The van der Waals surface area contributed by atoms with E-state index in [-0.39, 0.29) is 37.3 Å². The molecule has 0 saturated carbocycles. The first-order valence-corrected chi connectivity index (χ1v) is 14.8. The summed E-state index contributed by atoms with van der Waals surface area (Å²) in [5.74, 6) is 1.35. The summed E-state index contributed by atoms with van der Waals surface area (Å²) in [5, 5.41) is 6.00. The van der Waals surface area contributed by atoms with Crippen LogP contribution in [0.4, 0.5) is 0 Å². The number of nitrogens with one attached hydrogen (secondary N) is 2. The highest BCUT2D eigenvalue weighted by Crippen LogP contribution is 2.30. The maximum atomic E-state index is 13.6. The van der Waals surface area contributed by atoms with Gasteiger partial charge in [-0.15, -0.1) is 0 Å². The minimum atomic E-state index is -0.531. The monoisotopic (exact) mass is 613 g/mol. The van der Waals surface area contributed by atoms with Crippen molar-refractivity contribution in [2.75, 3.05) is 33.9 Å². The number of imidazole rings is 1. The van der Waals surface area contributed by atoms with E-state index in [4.69, 9.17) is 18.9 Å². The number of aryl methyl sites for hydroxylation is 1. The van der Waals surface area contributed by atoms with Crippen LogP contribution in [0, 0.1) is 0 Å². The first-order chi connectivity index (χ1) is 21.9. The molecule has 2 aromatic heterocycles.